The van der Waals surface area contributed by atoms with E-state index in [2.05, 4.69) is 277 Å². The van der Waals surface area contributed by atoms with Gasteiger partial charge in [-0.05, 0) is 81.9 Å². The van der Waals surface area contributed by atoms with E-state index in [1.54, 1.807) is 0 Å². The van der Waals surface area contributed by atoms with Crippen LogP contribution >= 0.6 is 0 Å². The maximum Gasteiger partial charge on any atom is 0.164 e. The summed E-state index contributed by atoms with van der Waals surface area (Å²) in [6, 6.07) is 118. The topological polar surface area (TPSA) is 110 Å². The Bertz CT molecular complexity index is 6150. The highest BCUT2D eigenvalue weighted by Crippen LogP contribution is 2.56. The minimum atomic E-state index is 0.150. The zero-order valence-electron chi connectivity index (χ0n) is 57.3. The summed E-state index contributed by atoms with van der Waals surface area (Å²) in [7, 11) is 0. The number of fused-ring (bicyclic) bond motifs is 14. The van der Waals surface area contributed by atoms with Crippen LogP contribution in [0.25, 0.3) is 136 Å². The van der Waals surface area contributed by atoms with Gasteiger partial charge in [0, 0.05) is 101 Å². The van der Waals surface area contributed by atoms with E-state index in [0.717, 1.165) is 94.7 Å². The number of hydrogen-bond donors (Lipinski definition) is 0. The van der Waals surface area contributed by atoms with Crippen LogP contribution in [0.15, 0.2) is 361 Å². The Morgan fingerprint density at radius 1 is 0.236 bits per heavy atom. The number of benzene rings is 13. The largest absolute Gasteiger partial charge is 0.456 e. The Morgan fingerprint density at radius 3 is 0.858 bits per heavy atom. The fourth-order valence-corrected chi connectivity index (χ4v) is 16.1. The van der Waals surface area contributed by atoms with Crippen LogP contribution < -0.4 is 9.80 Å². The van der Waals surface area contributed by atoms with Gasteiger partial charge in [0.05, 0.1) is 12.1 Å². The molecule has 10 heteroatoms. The average molecular weight is 1360 g/mol. The van der Waals surface area contributed by atoms with E-state index < -0.39 is 0 Å². The van der Waals surface area contributed by atoms with E-state index in [-0.39, 0.29) is 23.9 Å². The van der Waals surface area contributed by atoms with Crippen molar-refractivity contribution in [1.82, 2.24) is 29.9 Å². The highest BCUT2D eigenvalue weighted by molar-refractivity contribution is 6.00. The molecular formula is C96H64N8O2. The lowest BCUT2D eigenvalue weighted by Crippen LogP contribution is -2.30. The van der Waals surface area contributed by atoms with Crippen LogP contribution in [0.4, 0.5) is 22.7 Å². The predicted octanol–water partition coefficient (Wildman–Crippen LogP) is 23.6. The Kier molecular flexibility index (Phi) is 15.3. The molecule has 13 aromatic carbocycles. The number of nitrogens with zero attached hydrogens (tertiary/aromatic N) is 8. The molecule has 0 bridgehead atoms. The quantitative estimate of drug-likeness (QED) is 0.124. The predicted molar refractivity (Wildman–Crippen MR) is 427 cm³/mol. The molecule has 6 heterocycles. The van der Waals surface area contributed by atoms with Gasteiger partial charge in [-0.3, -0.25) is 0 Å². The monoisotopic (exact) mass is 1360 g/mol. The van der Waals surface area contributed by atoms with Gasteiger partial charge in [0.1, 0.15) is 22.7 Å². The van der Waals surface area contributed by atoms with Crippen molar-refractivity contribution in [2.75, 3.05) is 9.80 Å². The second kappa shape index (κ2) is 26.1. The number of rotatable bonds is 11. The molecule has 0 amide bonds. The summed E-state index contributed by atoms with van der Waals surface area (Å²) in [5, 5.41) is 2.31. The summed E-state index contributed by atoms with van der Waals surface area (Å²) in [5.74, 6) is 5.99. The van der Waals surface area contributed by atoms with Crippen LogP contribution in [0.3, 0.4) is 0 Å². The lowest BCUT2D eigenvalue weighted by molar-refractivity contribution is 0.584. The maximum atomic E-state index is 6.78. The van der Waals surface area contributed by atoms with E-state index in [0.29, 0.717) is 34.9 Å². The summed E-state index contributed by atoms with van der Waals surface area (Å²) < 4.78 is 13.5. The second-order valence-corrected chi connectivity index (χ2v) is 27.1. The highest BCUT2D eigenvalue weighted by Gasteiger charge is 2.45. The van der Waals surface area contributed by atoms with Crippen LogP contribution in [0.1, 0.15) is 45.6 Å². The molecule has 4 atom stereocenters. The normalized spacial score (nSPS) is 15.6. The van der Waals surface area contributed by atoms with Gasteiger partial charge >= 0.3 is 0 Å². The zero-order chi connectivity index (χ0) is 70.0. The Morgan fingerprint density at radius 2 is 0.509 bits per heavy atom. The lowest BCUT2D eigenvalue weighted by atomic mass is 9.82. The van der Waals surface area contributed by atoms with Crippen molar-refractivity contribution < 1.29 is 8.83 Å². The molecule has 0 N–H and O–H groups in total. The minimum absolute atomic E-state index is 0.150. The van der Waals surface area contributed by atoms with Gasteiger partial charge in [-0.2, -0.15) is 0 Å². The molecule has 21 rings (SSSR count). The van der Waals surface area contributed by atoms with Crippen LogP contribution in [0.5, 0.6) is 0 Å². The van der Waals surface area contributed by atoms with Crippen molar-refractivity contribution in [2.24, 2.45) is 0 Å². The fraction of sp³-hybridized carbons (Fsp3) is 0.0417. The molecule has 2 aliphatic carbocycles. The number of anilines is 4. The number of furan rings is 2. The summed E-state index contributed by atoms with van der Waals surface area (Å²) in [5.41, 5.74) is 24.0. The first-order chi connectivity index (χ1) is 52.6. The molecule has 4 aromatic heterocycles. The molecular weight excluding hydrogens is 1300 g/mol. The van der Waals surface area contributed by atoms with E-state index in [9.17, 15) is 0 Å². The molecule has 0 saturated carbocycles. The number of hydrogen-bond acceptors (Lipinski definition) is 10. The molecule has 10 nitrogen and oxygen atoms in total. The van der Waals surface area contributed by atoms with Gasteiger partial charge in [0.2, 0.25) is 0 Å². The minimum Gasteiger partial charge on any atom is -0.456 e. The molecule has 4 aliphatic rings. The van der Waals surface area contributed by atoms with Crippen molar-refractivity contribution in [3.63, 3.8) is 0 Å². The van der Waals surface area contributed by atoms with E-state index in [1.165, 1.54) is 50.6 Å². The molecule has 0 spiro atoms. The summed E-state index contributed by atoms with van der Waals surface area (Å²) in [4.78, 5) is 34.6. The number of aromatic nitrogens is 6. The Hall–Kier alpha value is -14.0. The lowest BCUT2D eigenvalue weighted by Gasteiger charge is -2.30. The van der Waals surface area contributed by atoms with Crippen molar-refractivity contribution in [3.8, 4) is 102 Å². The fourth-order valence-electron chi connectivity index (χ4n) is 16.1. The van der Waals surface area contributed by atoms with E-state index in [4.69, 9.17) is 38.7 Å². The van der Waals surface area contributed by atoms with Crippen molar-refractivity contribution >= 4 is 56.8 Å². The number of para-hydroxylation sites is 6. The third-order valence-electron chi connectivity index (χ3n) is 21.0. The first kappa shape index (κ1) is 61.9. The van der Waals surface area contributed by atoms with Gasteiger partial charge in [0.25, 0.3) is 0 Å². The molecule has 2 aliphatic heterocycles. The molecule has 4 unspecified atom stereocenters. The van der Waals surface area contributed by atoms with Gasteiger partial charge in [-0.15, -0.1) is 0 Å². The van der Waals surface area contributed by atoms with Crippen LogP contribution in [0, 0.1) is 0 Å². The standard InChI is InChI=1S/C51H34N4O.C45H30N4O/c1-4-13-33(14-5-1)34-23-27-37(28-24-34)50-52-49(36-15-6-2-7-16-36)53-51(54-50)38-29-25-35(26-30-38)40-20-12-21-42-47-45(56-48(40)42)32-31-44-46(47)41-19-10-11-22-43(41)55(44)39-17-8-3-9-18-39;1-4-13-30(14-5-1)43-46-44(31-15-6-2-7-16-31)48-45(47-43)32-25-23-29(24-26-32)34-20-12-21-36-41-39(50-42(34)36)28-27-38-40(41)35-19-10-11-22-37(35)49(38)33-17-8-3-9-18-33/h1-32,44,46H;1-28,38,40H. The summed E-state index contributed by atoms with van der Waals surface area (Å²) >= 11 is 0. The first-order valence-corrected chi connectivity index (χ1v) is 36.0. The van der Waals surface area contributed by atoms with Gasteiger partial charge in [-0.1, -0.05) is 315 Å². The molecule has 0 fully saturated rings. The Balaban J connectivity index is 0.000000141. The maximum absolute atomic E-state index is 6.78. The molecule has 500 valence electrons. The van der Waals surface area contributed by atoms with Crippen molar-refractivity contribution in [2.45, 2.75) is 23.9 Å². The average Bonchev–Trinajstić information content (AvgIpc) is 1.56. The van der Waals surface area contributed by atoms with Gasteiger partial charge < -0.3 is 18.6 Å². The SMILES string of the molecule is C1=CC2C(c3ccccc3N2c2ccccc2)c2c1oc1c(-c3ccc(-c4nc(-c5ccccc5)nc(-c5ccc(-c6ccccc6)cc5)n4)cc3)cccc21.C1=CC2C(c3ccccc3N2c2ccccc2)c2c1oc1c(-c3ccc(-c4nc(-c5ccccc5)nc(-c5ccccc5)n4)cc3)cccc21. The van der Waals surface area contributed by atoms with Crippen molar-refractivity contribution in [1.29, 1.82) is 0 Å². The second-order valence-electron chi connectivity index (χ2n) is 27.1. The third kappa shape index (κ3) is 10.9. The molecule has 0 radical (unpaired) electrons. The smallest absolute Gasteiger partial charge is 0.164 e. The zero-order valence-corrected chi connectivity index (χ0v) is 57.3. The van der Waals surface area contributed by atoms with Crippen LogP contribution in [0.2, 0.25) is 0 Å². The molecule has 106 heavy (non-hydrogen) atoms. The third-order valence-corrected chi connectivity index (χ3v) is 21.0. The molecule has 0 saturated heterocycles. The van der Waals surface area contributed by atoms with Gasteiger partial charge in [0.15, 0.2) is 34.9 Å². The summed E-state index contributed by atoms with van der Waals surface area (Å²) in [6.45, 7) is 0. The molecule has 17 aromatic rings. The van der Waals surface area contributed by atoms with E-state index in [1.807, 2.05) is 97.1 Å². The van der Waals surface area contributed by atoms with Crippen molar-refractivity contribution in [3.05, 3.63) is 386 Å². The summed E-state index contributed by atoms with van der Waals surface area (Å²) in [6.07, 6.45) is 8.95. The highest BCUT2D eigenvalue weighted by atomic mass is 16.3. The van der Waals surface area contributed by atoms with Crippen LogP contribution in [-0.4, -0.2) is 42.0 Å². The van der Waals surface area contributed by atoms with Crippen LogP contribution in [-0.2, 0) is 0 Å². The van der Waals surface area contributed by atoms with E-state index >= 15 is 0 Å². The first-order valence-electron chi connectivity index (χ1n) is 36.0. The van der Waals surface area contributed by atoms with Gasteiger partial charge in [-0.25, -0.2) is 29.9 Å². The Labute approximate surface area is 613 Å².